The van der Waals surface area contributed by atoms with Gasteiger partial charge in [-0.05, 0) is 25.7 Å². The molecule has 1 heterocycles. The molecule has 0 bridgehead atoms. The van der Waals surface area contributed by atoms with E-state index in [2.05, 4.69) is 15.5 Å². The average molecular weight is 307 g/mol. The first-order chi connectivity index (χ1) is 10.5. The van der Waals surface area contributed by atoms with Gasteiger partial charge in [-0.3, -0.25) is 9.59 Å². The molecule has 2 fully saturated rings. The summed E-state index contributed by atoms with van der Waals surface area (Å²) in [6.45, 7) is 1.72. The standard InChI is InChI=1S/C15H21N3O4/c1-10-16-12(18-22-10)15(7-2-3-8-15)17-11(19)9-14(13(20)21)5-4-6-14/h2-9H2,1H3,(H,17,19)(H,20,21). The number of carbonyl (C=O) groups excluding carboxylic acids is 1. The lowest BCUT2D eigenvalue weighted by Crippen LogP contribution is -2.49. The SMILES string of the molecule is Cc1nc(C2(NC(=O)CC3(C(=O)O)CCC3)CCCC2)no1. The number of carboxylic acids is 1. The van der Waals surface area contributed by atoms with Crippen LogP contribution in [0.2, 0.25) is 0 Å². The average Bonchev–Trinajstić information content (AvgIpc) is 3.03. The van der Waals surface area contributed by atoms with E-state index < -0.39 is 16.9 Å². The Morgan fingerprint density at radius 2 is 1.91 bits per heavy atom. The molecule has 2 aliphatic rings. The molecule has 0 atom stereocenters. The Bertz CT molecular complexity index is 585. The highest BCUT2D eigenvalue weighted by atomic mass is 16.5. The summed E-state index contributed by atoms with van der Waals surface area (Å²) in [7, 11) is 0. The van der Waals surface area contributed by atoms with Gasteiger partial charge in [0.2, 0.25) is 11.8 Å². The van der Waals surface area contributed by atoms with Gasteiger partial charge in [0.25, 0.3) is 0 Å². The van der Waals surface area contributed by atoms with Crippen LogP contribution >= 0.6 is 0 Å². The monoisotopic (exact) mass is 307 g/mol. The summed E-state index contributed by atoms with van der Waals surface area (Å²) in [6.07, 6.45) is 5.54. The summed E-state index contributed by atoms with van der Waals surface area (Å²) in [5, 5.41) is 16.3. The van der Waals surface area contributed by atoms with Crippen molar-refractivity contribution in [1.82, 2.24) is 15.5 Å². The molecule has 22 heavy (non-hydrogen) atoms. The Morgan fingerprint density at radius 3 is 2.36 bits per heavy atom. The molecule has 0 radical (unpaired) electrons. The van der Waals surface area contributed by atoms with Gasteiger partial charge >= 0.3 is 5.97 Å². The molecule has 2 N–H and O–H groups in total. The second-order valence-corrected chi connectivity index (χ2v) is 6.59. The van der Waals surface area contributed by atoms with E-state index >= 15 is 0 Å². The molecule has 1 aromatic rings. The summed E-state index contributed by atoms with van der Waals surface area (Å²) >= 11 is 0. The fourth-order valence-corrected chi connectivity index (χ4v) is 3.56. The first kappa shape index (κ1) is 15.0. The quantitative estimate of drug-likeness (QED) is 0.860. The molecule has 2 aliphatic carbocycles. The van der Waals surface area contributed by atoms with E-state index in [0.29, 0.717) is 24.6 Å². The van der Waals surface area contributed by atoms with Crippen molar-refractivity contribution in [3.8, 4) is 0 Å². The van der Waals surface area contributed by atoms with E-state index in [1.807, 2.05) is 0 Å². The minimum Gasteiger partial charge on any atom is -0.481 e. The second kappa shape index (κ2) is 5.37. The summed E-state index contributed by atoms with van der Waals surface area (Å²) in [5.41, 5.74) is -1.48. The summed E-state index contributed by atoms with van der Waals surface area (Å²) < 4.78 is 5.05. The van der Waals surface area contributed by atoms with Gasteiger partial charge in [-0.15, -0.1) is 0 Å². The third-order valence-corrected chi connectivity index (χ3v) is 5.05. The van der Waals surface area contributed by atoms with Crippen molar-refractivity contribution in [2.45, 2.75) is 63.8 Å². The zero-order valence-corrected chi connectivity index (χ0v) is 12.7. The maximum absolute atomic E-state index is 12.4. The number of nitrogens with zero attached hydrogens (tertiary/aromatic N) is 2. The van der Waals surface area contributed by atoms with Crippen molar-refractivity contribution in [2.75, 3.05) is 0 Å². The topological polar surface area (TPSA) is 105 Å². The largest absolute Gasteiger partial charge is 0.481 e. The Morgan fingerprint density at radius 1 is 1.23 bits per heavy atom. The van der Waals surface area contributed by atoms with Gasteiger partial charge in [-0.2, -0.15) is 4.98 Å². The molecule has 0 saturated heterocycles. The first-order valence-electron chi connectivity index (χ1n) is 7.81. The van der Waals surface area contributed by atoms with Crippen LogP contribution in [-0.2, 0) is 15.1 Å². The van der Waals surface area contributed by atoms with Crippen LogP contribution in [0.25, 0.3) is 0 Å². The van der Waals surface area contributed by atoms with Crippen LogP contribution in [0.5, 0.6) is 0 Å². The highest BCUT2D eigenvalue weighted by molar-refractivity contribution is 5.86. The van der Waals surface area contributed by atoms with E-state index in [1.54, 1.807) is 6.92 Å². The van der Waals surface area contributed by atoms with Crippen molar-refractivity contribution < 1.29 is 19.2 Å². The molecule has 1 amide bonds. The molecule has 0 aliphatic heterocycles. The van der Waals surface area contributed by atoms with Crippen LogP contribution < -0.4 is 5.32 Å². The van der Waals surface area contributed by atoms with Gasteiger partial charge in [-0.1, -0.05) is 24.4 Å². The van der Waals surface area contributed by atoms with Crippen molar-refractivity contribution >= 4 is 11.9 Å². The van der Waals surface area contributed by atoms with Gasteiger partial charge in [0.1, 0.15) is 5.54 Å². The number of hydrogen-bond donors (Lipinski definition) is 2. The summed E-state index contributed by atoms with van der Waals surface area (Å²) in [5.74, 6) is -0.124. The number of carbonyl (C=O) groups is 2. The lowest BCUT2D eigenvalue weighted by molar-refractivity contribution is -0.158. The molecular weight excluding hydrogens is 286 g/mol. The smallest absolute Gasteiger partial charge is 0.310 e. The molecule has 7 nitrogen and oxygen atoms in total. The summed E-state index contributed by atoms with van der Waals surface area (Å²) in [4.78, 5) is 28.1. The zero-order chi connectivity index (χ0) is 15.8. The highest BCUT2D eigenvalue weighted by Gasteiger charge is 2.48. The maximum atomic E-state index is 12.4. The van der Waals surface area contributed by atoms with Crippen molar-refractivity contribution in [2.24, 2.45) is 5.41 Å². The number of aryl methyl sites for hydroxylation is 1. The highest BCUT2D eigenvalue weighted by Crippen LogP contribution is 2.45. The van der Waals surface area contributed by atoms with E-state index in [9.17, 15) is 14.7 Å². The molecule has 2 saturated carbocycles. The number of aliphatic carboxylic acids is 1. The number of hydrogen-bond acceptors (Lipinski definition) is 5. The van der Waals surface area contributed by atoms with Gasteiger partial charge in [0, 0.05) is 13.3 Å². The van der Waals surface area contributed by atoms with Gasteiger partial charge in [-0.25, -0.2) is 0 Å². The molecule has 0 aromatic carbocycles. The van der Waals surface area contributed by atoms with Crippen LogP contribution in [0.4, 0.5) is 0 Å². The van der Waals surface area contributed by atoms with E-state index in [-0.39, 0.29) is 12.3 Å². The number of aromatic nitrogens is 2. The lowest BCUT2D eigenvalue weighted by Gasteiger charge is -2.38. The van der Waals surface area contributed by atoms with Crippen LogP contribution in [0.1, 0.15) is 63.1 Å². The molecular formula is C15H21N3O4. The third kappa shape index (κ3) is 2.48. The van der Waals surface area contributed by atoms with Gasteiger partial charge in [0.05, 0.1) is 5.41 Å². The Kier molecular flexibility index (Phi) is 3.66. The molecule has 1 aromatic heterocycles. The fourth-order valence-electron chi connectivity index (χ4n) is 3.56. The maximum Gasteiger partial charge on any atom is 0.310 e. The van der Waals surface area contributed by atoms with Crippen LogP contribution in [0.15, 0.2) is 4.52 Å². The lowest BCUT2D eigenvalue weighted by atomic mass is 9.66. The van der Waals surface area contributed by atoms with Crippen molar-refractivity contribution in [3.05, 3.63) is 11.7 Å². The predicted molar refractivity (Wildman–Crippen MR) is 75.9 cm³/mol. The Labute approximate surface area is 128 Å². The van der Waals surface area contributed by atoms with Crippen molar-refractivity contribution in [1.29, 1.82) is 0 Å². The predicted octanol–water partition coefficient (Wildman–Crippen LogP) is 1.91. The van der Waals surface area contributed by atoms with Crippen molar-refractivity contribution in [3.63, 3.8) is 0 Å². The van der Waals surface area contributed by atoms with E-state index in [1.165, 1.54) is 0 Å². The number of carboxylic acid groups (broad SMARTS) is 1. The molecule has 3 rings (SSSR count). The Hall–Kier alpha value is -1.92. The molecule has 120 valence electrons. The van der Waals surface area contributed by atoms with Crippen LogP contribution in [0.3, 0.4) is 0 Å². The Balaban J connectivity index is 1.74. The van der Waals surface area contributed by atoms with Gasteiger partial charge in [0.15, 0.2) is 5.82 Å². The van der Waals surface area contributed by atoms with Crippen LogP contribution in [0, 0.1) is 12.3 Å². The van der Waals surface area contributed by atoms with Gasteiger partial charge < -0.3 is 14.9 Å². The van der Waals surface area contributed by atoms with E-state index in [4.69, 9.17) is 4.52 Å². The fraction of sp³-hybridized carbons (Fsp3) is 0.733. The first-order valence-corrected chi connectivity index (χ1v) is 7.81. The zero-order valence-electron chi connectivity index (χ0n) is 12.7. The molecule has 7 heteroatoms. The number of rotatable bonds is 5. The summed E-state index contributed by atoms with van der Waals surface area (Å²) in [6, 6.07) is 0. The van der Waals surface area contributed by atoms with Crippen LogP contribution in [-0.4, -0.2) is 27.1 Å². The number of amides is 1. The van der Waals surface area contributed by atoms with E-state index in [0.717, 1.165) is 32.1 Å². The molecule has 0 spiro atoms. The third-order valence-electron chi connectivity index (χ3n) is 5.05. The minimum atomic E-state index is -0.878. The normalized spacial score (nSPS) is 22.0. The molecule has 0 unspecified atom stereocenters. The minimum absolute atomic E-state index is 0.0287. The second-order valence-electron chi connectivity index (χ2n) is 6.59. The number of nitrogens with one attached hydrogen (secondary N) is 1.